The number of methoxy groups -OCH3 is 1. The SMILES string of the molecule is CCOC(=O)N1CC(c2ccc(OC)cc2)OCC1C. The summed E-state index contributed by atoms with van der Waals surface area (Å²) in [6.45, 7) is 5.17. The lowest BCUT2D eigenvalue weighted by Gasteiger charge is -2.37. The lowest BCUT2D eigenvalue weighted by molar-refractivity contribution is -0.0547. The van der Waals surface area contributed by atoms with Gasteiger partial charge in [0.05, 0.1) is 32.9 Å². The highest BCUT2D eigenvalue weighted by Crippen LogP contribution is 2.26. The van der Waals surface area contributed by atoms with Crippen LogP contribution in [0.25, 0.3) is 0 Å². The van der Waals surface area contributed by atoms with Crippen molar-refractivity contribution >= 4 is 6.09 Å². The Hall–Kier alpha value is -1.75. The van der Waals surface area contributed by atoms with Crippen molar-refractivity contribution in [2.24, 2.45) is 0 Å². The Morgan fingerprint density at radius 3 is 2.70 bits per heavy atom. The van der Waals surface area contributed by atoms with E-state index in [0.717, 1.165) is 11.3 Å². The van der Waals surface area contributed by atoms with Crippen LogP contribution in [0.2, 0.25) is 0 Å². The number of nitrogens with zero attached hydrogens (tertiary/aromatic N) is 1. The molecule has 0 spiro atoms. The van der Waals surface area contributed by atoms with Gasteiger partial charge in [-0.25, -0.2) is 4.79 Å². The lowest BCUT2D eigenvalue weighted by atomic mass is 10.1. The highest BCUT2D eigenvalue weighted by atomic mass is 16.6. The third kappa shape index (κ3) is 3.22. The van der Waals surface area contributed by atoms with Crippen LogP contribution in [-0.4, -0.2) is 43.9 Å². The molecular formula is C15H21NO4. The summed E-state index contributed by atoms with van der Waals surface area (Å²) in [5, 5.41) is 0. The van der Waals surface area contributed by atoms with Gasteiger partial charge in [-0.2, -0.15) is 0 Å². The highest BCUT2D eigenvalue weighted by Gasteiger charge is 2.31. The zero-order valence-electron chi connectivity index (χ0n) is 12.2. The summed E-state index contributed by atoms with van der Waals surface area (Å²) in [6, 6.07) is 7.74. The Kier molecular flexibility index (Phi) is 4.84. The minimum atomic E-state index is -0.276. The van der Waals surface area contributed by atoms with E-state index < -0.39 is 0 Å². The van der Waals surface area contributed by atoms with Crippen LogP contribution in [0.15, 0.2) is 24.3 Å². The normalized spacial score (nSPS) is 22.4. The van der Waals surface area contributed by atoms with Crippen LogP contribution in [-0.2, 0) is 9.47 Å². The Bertz CT molecular complexity index is 446. The standard InChI is InChI=1S/C15H21NO4/c1-4-19-15(17)16-9-14(20-10-11(16)2)12-5-7-13(18-3)8-6-12/h5-8,11,14H,4,9-10H2,1-3H3. The van der Waals surface area contributed by atoms with Gasteiger partial charge in [0, 0.05) is 0 Å². The molecule has 1 aliphatic heterocycles. The molecule has 110 valence electrons. The smallest absolute Gasteiger partial charge is 0.410 e. The van der Waals surface area contributed by atoms with Crippen LogP contribution in [0, 0.1) is 0 Å². The zero-order valence-corrected chi connectivity index (χ0v) is 12.2. The second-order valence-corrected chi connectivity index (χ2v) is 4.80. The van der Waals surface area contributed by atoms with E-state index in [1.54, 1.807) is 12.0 Å². The molecule has 0 N–H and O–H groups in total. The van der Waals surface area contributed by atoms with E-state index in [1.165, 1.54) is 0 Å². The number of amides is 1. The van der Waals surface area contributed by atoms with Crippen molar-refractivity contribution in [3.8, 4) is 5.75 Å². The van der Waals surface area contributed by atoms with Crippen molar-refractivity contribution in [2.75, 3.05) is 26.9 Å². The van der Waals surface area contributed by atoms with Gasteiger partial charge in [-0.05, 0) is 31.5 Å². The molecule has 5 heteroatoms. The minimum absolute atomic E-state index is 0.0311. The molecular weight excluding hydrogens is 258 g/mol. The largest absolute Gasteiger partial charge is 0.497 e. The lowest BCUT2D eigenvalue weighted by Crippen LogP contribution is -2.48. The quantitative estimate of drug-likeness (QED) is 0.853. The fourth-order valence-electron chi connectivity index (χ4n) is 2.24. The van der Waals surface area contributed by atoms with Gasteiger partial charge in [-0.3, -0.25) is 0 Å². The second-order valence-electron chi connectivity index (χ2n) is 4.80. The number of carbonyl (C=O) groups is 1. The Labute approximate surface area is 119 Å². The predicted octanol–water partition coefficient (Wildman–Crippen LogP) is 2.61. The molecule has 2 atom stereocenters. The third-order valence-corrected chi connectivity index (χ3v) is 3.42. The number of ether oxygens (including phenoxy) is 3. The van der Waals surface area contributed by atoms with Crippen LogP contribution in [0.1, 0.15) is 25.5 Å². The first-order chi connectivity index (χ1) is 9.65. The first kappa shape index (κ1) is 14.7. The van der Waals surface area contributed by atoms with Gasteiger partial charge in [-0.1, -0.05) is 12.1 Å². The molecule has 0 saturated carbocycles. The van der Waals surface area contributed by atoms with E-state index in [9.17, 15) is 4.79 Å². The summed E-state index contributed by atoms with van der Waals surface area (Å²) >= 11 is 0. The summed E-state index contributed by atoms with van der Waals surface area (Å²) in [5.41, 5.74) is 1.03. The molecule has 20 heavy (non-hydrogen) atoms. The topological polar surface area (TPSA) is 48.0 Å². The van der Waals surface area contributed by atoms with Gasteiger partial charge in [0.15, 0.2) is 0 Å². The molecule has 1 aliphatic rings. The van der Waals surface area contributed by atoms with E-state index in [1.807, 2.05) is 38.1 Å². The van der Waals surface area contributed by atoms with E-state index >= 15 is 0 Å². The summed E-state index contributed by atoms with van der Waals surface area (Å²) in [5.74, 6) is 0.806. The molecule has 0 bridgehead atoms. The third-order valence-electron chi connectivity index (χ3n) is 3.42. The number of benzene rings is 1. The molecule has 2 unspecified atom stereocenters. The van der Waals surface area contributed by atoms with Crippen molar-refractivity contribution in [3.05, 3.63) is 29.8 Å². The Morgan fingerprint density at radius 2 is 2.10 bits per heavy atom. The van der Waals surface area contributed by atoms with Gasteiger partial charge in [0.25, 0.3) is 0 Å². The maximum absolute atomic E-state index is 11.9. The molecule has 0 radical (unpaired) electrons. The number of hydrogen-bond donors (Lipinski definition) is 0. The summed E-state index contributed by atoms with van der Waals surface area (Å²) in [4.78, 5) is 13.6. The van der Waals surface area contributed by atoms with Crippen molar-refractivity contribution in [1.29, 1.82) is 0 Å². The zero-order chi connectivity index (χ0) is 14.5. The predicted molar refractivity (Wildman–Crippen MR) is 74.9 cm³/mol. The molecule has 0 aliphatic carbocycles. The molecule has 1 saturated heterocycles. The van der Waals surface area contributed by atoms with E-state index in [-0.39, 0.29) is 18.2 Å². The fourth-order valence-corrected chi connectivity index (χ4v) is 2.24. The molecule has 0 aromatic heterocycles. The average Bonchev–Trinajstić information content (AvgIpc) is 2.48. The number of hydrogen-bond acceptors (Lipinski definition) is 4. The summed E-state index contributed by atoms with van der Waals surface area (Å²) in [7, 11) is 1.64. The molecule has 1 aromatic rings. The number of morpholine rings is 1. The average molecular weight is 279 g/mol. The van der Waals surface area contributed by atoms with Crippen LogP contribution in [0.3, 0.4) is 0 Å². The van der Waals surface area contributed by atoms with Gasteiger partial charge in [0.1, 0.15) is 11.9 Å². The Morgan fingerprint density at radius 1 is 1.40 bits per heavy atom. The van der Waals surface area contributed by atoms with Gasteiger partial charge in [0.2, 0.25) is 0 Å². The van der Waals surface area contributed by atoms with Crippen molar-refractivity contribution < 1.29 is 19.0 Å². The molecule has 1 aromatic carbocycles. The van der Waals surface area contributed by atoms with Crippen LogP contribution in [0.4, 0.5) is 4.79 Å². The van der Waals surface area contributed by atoms with Gasteiger partial charge < -0.3 is 19.1 Å². The Balaban J connectivity index is 2.07. The van der Waals surface area contributed by atoms with Crippen molar-refractivity contribution in [2.45, 2.75) is 26.0 Å². The highest BCUT2D eigenvalue weighted by molar-refractivity contribution is 5.68. The van der Waals surface area contributed by atoms with Crippen LogP contribution >= 0.6 is 0 Å². The van der Waals surface area contributed by atoms with E-state index in [0.29, 0.717) is 19.8 Å². The number of carbonyl (C=O) groups excluding carboxylic acids is 1. The molecule has 2 rings (SSSR count). The molecule has 5 nitrogen and oxygen atoms in total. The van der Waals surface area contributed by atoms with Crippen molar-refractivity contribution in [1.82, 2.24) is 4.90 Å². The van der Waals surface area contributed by atoms with E-state index in [2.05, 4.69) is 0 Å². The van der Waals surface area contributed by atoms with Gasteiger partial charge >= 0.3 is 6.09 Å². The maximum Gasteiger partial charge on any atom is 0.410 e. The van der Waals surface area contributed by atoms with E-state index in [4.69, 9.17) is 14.2 Å². The summed E-state index contributed by atoms with van der Waals surface area (Å²) in [6.07, 6.45) is -0.400. The van der Waals surface area contributed by atoms with Crippen molar-refractivity contribution in [3.63, 3.8) is 0 Å². The number of rotatable bonds is 3. The second kappa shape index (κ2) is 6.61. The first-order valence-corrected chi connectivity index (χ1v) is 6.84. The molecule has 1 amide bonds. The first-order valence-electron chi connectivity index (χ1n) is 6.84. The molecule has 1 heterocycles. The van der Waals surface area contributed by atoms with Gasteiger partial charge in [-0.15, -0.1) is 0 Å². The fraction of sp³-hybridized carbons (Fsp3) is 0.533. The molecule has 1 fully saturated rings. The summed E-state index contributed by atoms with van der Waals surface area (Å²) < 4.78 is 16.0. The van der Waals surface area contributed by atoms with Crippen LogP contribution < -0.4 is 4.74 Å². The van der Waals surface area contributed by atoms with Crippen LogP contribution in [0.5, 0.6) is 5.75 Å². The minimum Gasteiger partial charge on any atom is -0.497 e. The monoisotopic (exact) mass is 279 g/mol. The maximum atomic E-state index is 11.9.